The van der Waals surface area contributed by atoms with Crippen LogP contribution in [-0.2, 0) is 7.05 Å². The van der Waals surface area contributed by atoms with Crippen LogP contribution >= 0.6 is 0 Å². The zero-order valence-electron chi connectivity index (χ0n) is 15.4. The van der Waals surface area contributed by atoms with E-state index in [-0.39, 0.29) is 0 Å². The van der Waals surface area contributed by atoms with Crippen molar-refractivity contribution in [2.45, 2.75) is 13.8 Å². The maximum absolute atomic E-state index is 4.71. The zero-order valence-corrected chi connectivity index (χ0v) is 15.4. The first-order chi connectivity index (χ1) is 12.6. The second-order valence-corrected chi connectivity index (χ2v) is 6.74. The van der Waals surface area contributed by atoms with Gasteiger partial charge in [-0.15, -0.1) is 0 Å². The predicted octanol–water partition coefficient (Wildman–Crippen LogP) is 6.04. The summed E-state index contributed by atoms with van der Waals surface area (Å²) in [4.78, 5) is 4.71. The third kappa shape index (κ3) is 2.84. The lowest BCUT2D eigenvalue weighted by Gasteiger charge is -2.12. The van der Waals surface area contributed by atoms with E-state index in [1.165, 1.54) is 27.8 Å². The van der Waals surface area contributed by atoms with Crippen LogP contribution in [0.5, 0.6) is 0 Å². The van der Waals surface area contributed by atoms with Gasteiger partial charge in [0.15, 0.2) is 0 Å². The van der Waals surface area contributed by atoms with Gasteiger partial charge in [-0.2, -0.15) is 0 Å². The molecule has 1 heterocycles. The molecule has 2 heteroatoms. The second-order valence-electron chi connectivity index (χ2n) is 6.74. The predicted molar refractivity (Wildman–Crippen MR) is 109 cm³/mol. The van der Waals surface area contributed by atoms with Crippen LogP contribution in [0.2, 0.25) is 0 Å². The van der Waals surface area contributed by atoms with E-state index in [9.17, 15) is 0 Å². The summed E-state index contributed by atoms with van der Waals surface area (Å²) in [6.07, 6.45) is 1.98. The van der Waals surface area contributed by atoms with Gasteiger partial charge >= 0.3 is 0 Å². The summed E-state index contributed by atoms with van der Waals surface area (Å²) in [5, 5.41) is 0. The van der Waals surface area contributed by atoms with E-state index < -0.39 is 0 Å². The molecule has 0 unspecified atom stereocenters. The summed E-state index contributed by atoms with van der Waals surface area (Å²) in [5.74, 6) is 0.988. The molecule has 4 aromatic rings. The molecular weight excluding hydrogens is 316 g/mol. The molecule has 0 aliphatic heterocycles. The minimum Gasteiger partial charge on any atom is -0.327 e. The fraction of sp³-hybridized carbons (Fsp3) is 0.125. The first-order valence-corrected chi connectivity index (χ1v) is 8.89. The van der Waals surface area contributed by atoms with E-state index in [4.69, 9.17) is 4.98 Å². The number of nitrogens with zero attached hydrogens (tertiary/aromatic N) is 2. The maximum Gasteiger partial charge on any atom is 0.140 e. The molecule has 0 fully saturated rings. The molecule has 3 aromatic carbocycles. The largest absolute Gasteiger partial charge is 0.327 e. The molecule has 128 valence electrons. The van der Waals surface area contributed by atoms with E-state index in [1.54, 1.807) is 0 Å². The highest BCUT2D eigenvalue weighted by atomic mass is 15.1. The Morgan fingerprint density at radius 1 is 0.654 bits per heavy atom. The molecule has 0 atom stereocenters. The van der Waals surface area contributed by atoms with Crippen molar-refractivity contribution in [2.75, 3.05) is 0 Å². The van der Waals surface area contributed by atoms with Gasteiger partial charge in [-0.05, 0) is 36.1 Å². The molecule has 0 amide bonds. The molecule has 0 radical (unpaired) electrons. The van der Waals surface area contributed by atoms with Crippen molar-refractivity contribution >= 4 is 0 Å². The number of rotatable bonds is 3. The van der Waals surface area contributed by atoms with Crippen LogP contribution in [0.3, 0.4) is 0 Å². The monoisotopic (exact) mass is 338 g/mol. The van der Waals surface area contributed by atoms with Gasteiger partial charge in [-0.3, -0.25) is 0 Å². The van der Waals surface area contributed by atoms with Gasteiger partial charge in [0.1, 0.15) is 5.82 Å². The summed E-state index contributed by atoms with van der Waals surface area (Å²) in [6, 6.07) is 25.5. The maximum atomic E-state index is 4.71. The van der Waals surface area contributed by atoms with Crippen LogP contribution in [0.15, 0.2) is 79.0 Å². The quantitative estimate of drug-likeness (QED) is 0.445. The fourth-order valence-electron chi connectivity index (χ4n) is 3.57. The van der Waals surface area contributed by atoms with Crippen LogP contribution in [0.1, 0.15) is 11.1 Å². The minimum absolute atomic E-state index is 0.988. The lowest BCUT2D eigenvalue weighted by molar-refractivity contribution is 0.930. The molecule has 4 rings (SSSR count). The Morgan fingerprint density at radius 3 is 1.88 bits per heavy atom. The van der Waals surface area contributed by atoms with Crippen LogP contribution in [0, 0.1) is 13.8 Å². The van der Waals surface area contributed by atoms with Gasteiger partial charge in [0, 0.05) is 18.2 Å². The first kappa shape index (κ1) is 16.3. The average molecular weight is 338 g/mol. The Labute approximate surface area is 154 Å². The van der Waals surface area contributed by atoms with Gasteiger partial charge in [0.2, 0.25) is 0 Å². The van der Waals surface area contributed by atoms with Gasteiger partial charge < -0.3 is 4.57 Å². The molecule has 1 aromatic heterocycles. The number of benzene rings is 3. The summed E-state index contributed by atoms with van der Waals surface area (Å²) in [5.41, 5.74) is 8.56. The smallest absolute Gasteiger partial charge is 0.140 e. The van der Waals surface area contributed by atoms with E-state index in [2.05, 4.69) is 92.2 Å². The lowest BCUT2D eigenvalue weighted by Crippen LogP contribution is -1.98. The van der Waals surface area contributed by atoms with Crippen molar-refractivity contribution in [3.63, 3.8) is 0 Å². The van der Waals surface area contributed by atoms with Gasteiger partial charge in [0.25, 0.3) is 0 Å². The Balaban J connectivity index is 1.73. The molecule has 0 aliphatic carbocycles. The standard InChI is InChI=1S/C24H22N2/c1-17-8-7-9-18(2)23(17)22-16-25-24(26(22)3)21-14-12-20(13-15-21)19-10-5-4-6-11-19/h4-16H,1-3H3. The van der Waals surface area contributed by atoms with Gasteiger partial charge in [0.05, 0.1) is 11.9 Å². The molecule has 2 nitrogen and oxygen atoms in total. The second kappa shape index (κ2) is 6.64. The number of hydrogen-bond acceptors (Lipinski definition) is 1. The number of aromatic nitrogens is 2. The Hall–Kier alpha value is -3.13. The summed E-state index contributed by atoms with van der Waals surface area (Å²) < 4.78 is 2.19. The topological polar surface area (TPSA) is 17.8 Å². The molecule has 0 saturated carbocycles. The molecule has 0 N–H and O–H groups in total. The van der Waals surface area contributed by atoms with Crippen molar-refractivity contribution in [1.82, 2.24) is 9.55 Å². The Morgan fingerprint density at radius 2 is 1.23 bits per heavy atom. The molecule has 0 bridgehead atoms. The summed E-state index contributed by atoms with van der Waals surface area (Å²) in [6.45, 7) is 4.31. The van der Waals surface area contributed by atoms with Crippen molar-refractivity contribution < 1.29 is 0 Å². The average Bonchev–Trinajstić information content (AvgIpc) is 3.04. The molecular formula is C24H22N2. The highest BCUT2D eigenvalue weighted by Crippen LogP contribution is 2.31. The molecule has 0 saturated heterocycles. The molecule has 0 spiro atoms. The summed E-state index contributed by atoms with van der Waals surface area (Å²) >= 11 is 0. The SMILES string of the molecule is Cc1cccc(C)c1-c1cnc(-c2ccc(-c3ccccc3)cc2)n1C. The van der Waals surface area contributed by atoms with Gasteiger partial charge in [-0.25, -0.2) is 4.98 Å². The number of imidazole rings is 1. The third-order valence-corrected chi connectivity index (χ3v) is 4.98. The minimum atomic E-state index is 0.988. The zero-order chi connectivity index (χ0) is 18.1. The Bertz CT molecular complexity index is 1020. The Kier molecular flexibility index (Phi) is 4.18. The highest BCUT2D eigenvalue weighted by Gasteiger charge is 2.14. The van der Waals surface area contributed by atoms with Crippen molar-refractivity contribution in [3.8, 4) is 33.8 Å². The van der Waals surface area contributed by atoms with Crippen LogP contribution in [0.4, 0.5) is 0 Å². The highest BCUT2D eigenvalue weighted by molar-refractivity contribution is 5.72. The number of hydrogen-bond donors (Lipinski definition) is 0. The fourth-order valence-corrected chi connectivity index (χ4v) is 3.57. The number of aryl methyl sites for hydroxylation is 2. The van der Waals surface area contributed by atoms with E-state index >= 15 is 0 Å². The van der Waals surface area contributed by atoms with Crippen LogP contribution in [-0.4, -0.2) is 9.55 Å². The van der Waals surface area contributed by atoms with Crippen LogP contribution < -0.4 is 0 Å². The molecule has 26 heavy (non-hydrogen) atoms. The van der Waals surface area contributed by atoms with Crippen molar-refractivity contribution in [1.29, 1.82) is 0 Å². The van der Waals surface area contributed by atoms with Gasteiger partial charge in [-0.1, -0.05) is 72.8 Å². The van der Waals surface area contributed by atoms with Crippen molar-refractivity contribution in [3.05, 3.63) is 90.1 Å². The normalized spacial score (nSPS) is 10.9. The third-order valence-electron chi connectivity index (χ3n) is 4.98. The van der Waals surface area contributed by atoms with E-state index in [0.717, 1.165) is 17.1 Å². The van der Waals surface area contributed by atoms with Crippen molar-refractivity contribution in [2.24, 2.45) is 7.05 Å². The first-order valence-electron chi connectivity index (χ1n) is 8.89. The lowest BCUT2D eigenvalue weighted by atomic mass is 10.0. The van der Waals surface area contributed by atoms with E-state index in [0.29, 0.717) is 0 Å². The van der Waals surface area contributed by atoms with Crippen LogP contribution in [0.25, 0.3) is 33.8 Å². The molecule has 0 aliphatic rings. The van der Waals surface area contributed by atoms with E-state index in [1.807, 2.05) is 12.3 Å². The summed E-state index contributed by atoms with van der Waals surface area (Å²) in [7, 11) is 2.09.